The number of halogens is 1. The molecule has 0 fully saturated rings. The summed E-state index contributed by atoms with van der Waals surface area (Å²) in [5.74, 6) is -0.0964. The van der Waals surface area contributed by atoms with Gasteiger partial charge in [-0.15, -0.1) is 0 Å². The number of nitrogens with zero attached hydrogens (tertiary/aromatic N) is 1. The molecule has 0 bridgehead atoms. The summed E-state index contributed by atoms with van der Waals surface area (Å²) in [6, 6.07) is 3.47. The van der Waals surface area contributed by atoms with Crippen LogP contribution in [-0.4, -0.2) is 35.0 Å². The maximum absolute atomic E-state index is 12.3. The molecule has 6 nitrogen and oxygen atoms in total. The van der Waals surface area contributed by atoms with E-state index >= 15 is 0 Å². The Morgan fingerprint density at radius 2 is 2.08 bits per heavy atom. The molecular formula is C17H17ClN2O4. The van der Waals surface area contributed by atoms with Crippen LogP contribution in [0.15, 0.2) is 28.3 Å². The predicted octanol–water partition coefficient (Wildman–Crippen LogP) is 2.61. The molecule has 0 atom stereocenters. The van der Waals surface area contributed by atoms with Gasteiger partial charge in [-0.2, -0.15) is 0 Å². The molecule has 3 rings (SSSR count). The molecule has 1 aliphatic rings. The van der Waals surface area contributed by atoms with Crippen LogP contribution in [0.1, 0.15) is 18.2 Å². The number of fused-ring (bicyclic) bond motifs is 1. The second kappa shape index (κ2) is 6.30. The molecule has 2 heterocycles. The third kappa shape index (κ3) is 2.68. The number of hydrogen-bond acceptors (Lipinski definition) is 5. The Hall–Kier alpha value is -2.31. The lowest BCUT2D eigenvalue weighted by Gasteiger charge is -2.13. The summed E-state index contributed by atoms with van der Waals surface area (Å²) in [5, 5.41) is 13.3. The zero-order valence-corrected chi connectivity index (χ0v) is 14.1. The van der Waals surface area contributed by atoms with Crippen LogP contribution in [-0.2, 0) is 16.0 Å². The second-order valence-corrected chi connectivity index (χ2v) is 5.97. The number of rotatable bonds is 5. The molecule has 126 valence electrons. The highest BCUT2D eigenvalue weighted by atomic mass is 35.5. The number of amides is 2. The van der Waals surface area contributed by atoms with Gasteiger partial charge in [-0.1, -0.05) is 18.5 Å². The fraction of sp³-hybridized carbons (Fsp3) is 0.294. The Morgan fingerprint density at radius 3 is 2.75 bits per heavy atom. The van der Waals surface area contributed by atoms with Crippen LogP contribution in [0.4, 0.5) is 5.69 Å². The monoisotopic (exact) mass is 348 g/mol. The number of carbonyl (C=O) groups is 2. The Bertz CT molecular complexity index is 869. The topological polar surface area (TPSA) is 82.8 Å². The van der Waals surface area contributed by atoms with Crippen LogP contribution in [0.3, 0.4) is 0 Å². The average Bonchev–Trinajstić information content (AvgIpc) is 3.00. The number of aliphatic hydroxyl groups excluding tert-OH is 1. The molecule has 0 radical (unpaired) electrons. The summed E-state index contributed by atoms with van der Waals surface area (Å²) in [6.45, 7) is 3.63. The van der Waals surface area contributed by atoms with Crippen molar-refractivity contribution in [3.8, 4) is 0 Å². The van der Waals surface area contributed by atoms with Gasteiger partial charge in [-0.3, -0.25) is 14.5 Å². The van der Waals surface area contributed by atoms with E-state index in [1.807, 2.05) is 19.9 Å². The quantitative estimate of drug-likeness (QED) is 0.812. The van der Waals surface area contributed by atoms with Crippen molar-refractivity contribution in [2.75, 3.05) is 18.5 Å². The Labute approximate surface area is 143 Å². The summed E-state index contributed by atoms with van der Waals surface area (Å²) >= 11 is 6.18. The molecule has 0 saturated heterocycles. The van der Waals surface area contributed by atoms with E-state index in [0.717, 1.165) is 28.0 Å². The summed E-state index contributed by atoms with van der Waals surface area (Å²) in [4.78, 5) is 25.1. The van der Waals surface area contributed by atoms with Gasteiger partial charge in [0.05, 0.1) is 18.8 Å². The Kier molecular flexibility index (Phi) is 4.34. The molecule has 2 N–H and O–H groups in total. The standard InChI is InChI=1S/C17H17ClN2O4/c1-3-14-9(2)11-6-10(18)7-12(16(11)24-14)19-13-8-15(22)20(4-5-21)17(13)23/h6-8,19,21H,3-5H2,1-2H3. The fourth-order valence-electron chi connectivity index (χ4n) is 2.82. The summed E-state index contributed by atoms with van der Waals surface area (Å²) < 4.78 is 5.88. The van der Waals surface area contributed by atoms with Crippen LogP contribution in [0, 0.1) is 6.92 Å². The summed E-state index contributed by atoms with van der Waals surface area (Å²) in [5.41, 5.74) is 2.25. The second-order valence-electron chi connectivity index (χ2n) is 5.54. The molecule has 1 aliphatic heterocycles. The number of hydrogen-bond donors (Lipinski definition) is 2. The van der Waals surface area contributed by atoms with Gasteiger partial charge in [0.25, 0.3) is 11.8 Å². The van der Waals surface area contributed by atoms with Crippen molar-refractivity contribution in [1.82, 2.24) is 4.90 Å². The van der Waals surface area contributed by atoms with Gasteiger partial charge in [0.1, 0.15) is 11.5 Å². The van der Waals surface area contributed by atoms with Crippen molar-refractivity contribution < 1.29 is 19.1 Å². The summed E-state index contributed by atoms with van der Waals surface area (Å²) in [6.07, 6.45) is 1.95. The lowest BCUT2D eigenvalue weighted by atomic mass is 10.1. The number of imide groups is 1. The molecular weight excluding hydrogens is 332 g/mol. The van der Waals surface area contributed by atoms with E-state index in [9.17, 15) is 9.59 Å². The molecule has 0 saturated carbocycles. The number of nitrogens with one attached hydrogen (secondary N) is 1. The highest BCUT2D eigenvalue weighted by Gasteiger charge is 2.31. The fourth-order valence-corrected chi connectivity index (χ4v) is 3.04. The van der Waals surface area contributed by atoms with Crippen molar-refractivity contribution in [3.63, 3.8) is 0 Å². The molecule has 0 spiro atoms. The van der Waals surface area contributed by atoms with Crippen molar-refractivity contribution in [1.29, 1.82) is 0 Å². The largest absolute Gasteiger partial charge is 0.459 e. The Morgan fingerprint density at radius 1 is 1.33 bits per heavy atom. The van der Waals surface area contributed by atoms with Gasteiger partial charge in [-0.05, 0) is 24.6 Å². The average molecular weight is 349 g/mol. The lowest BCUT2D eigenvalue weighted by Crippen LogP contribution is -2.34. The van der Waals surface area contributed by atoms with Crippen LogP contribution < -0.4 is 5.32 Å². The van der Waals surface area contributed by atoms with Crippen molar-refractivity contribution in [2.45, 2.75) is 20.3 Å². The molecule has 0 aliphatic carbocycles. The highest BCUT2D eigenvalue weighted by molar-refractivity contribution is 6.32. The lowest BCUT2D eigenvalue weighted by molar-refractivity contribution is -0.137. The van der Waals surface area contributed by atoms with Crippen LogP contribution in [0.5, 0.6) is 0 Å². The van der Waals surface area contributed by atoms with E-state index in [2.05, 4.69) is 5.32 Å². The first kappa shape index (κ1) is 16.5. The molecule has 1 aromatic heterocycles. The van der Waals surface area contributed by atoms with Gasteiger partial charge in [0.15, 0.2) is 5.58 Å². The molecule has 7 heteroatoms. The van der Waals surface area contributed by atoms with Gasteiger partial charge in [0, 0.05) is 22.9 Å². The van der Waals surface area contributed by atoms with Gasteiger partial charge in [0.2, 0.25) is 0 Å². The van der Waals surface area contributed by atoms with E-state index in [4.69, 9.17) is 21.1 Å². The van der Waals surface area contributed by atoms with Crippen LogP contribution >= 0.6 is 11.6 Å². The maximum Gasteiger partial charge on any atom is 0.277 e. The van der Waals surface area contributed by atoms with Gasteiger partial charge < -0.3 is 14.8 Å². The molecule has 2 amide bonds. The first-order valence-corrected chi connectivity index (χ1v) is 8.01. The van der Waals surface area contributed by atoms with Crippen LogP contribution in [0.2, 0.25) is 5.02 Å². The Balaban J connectivity index is 2.00. The van der Waals surface area contributed by atoms with Crippen molar-refractivity contribution in [3.05, 3.63) is 40.3 Å². The number of aryl methyl sites for hydroxylation is 2. The minimum absolute atomic E-state index is 0.0376. The van der Waals surface area contributed by atoms with E-state index in [1.165, 1.54) is 6.08 Å². The molecule has 0 unspecified atom stereocenters. The van der Waals surface area contributed by atoms with Crippen LogP contribution in [0.25, 0.3) is 11.0 Å². The number of anilines is 1. The zero-order valence-electron chi connectivity index (χ0n) is 13.4. The minimum Gasteiger partial charge on any atom is -0.459 e. The molecule has 2 aromatic rings. The number of furan rings is 1. The highest BCUT2D eigenvalue weighted by Crippen LogP contribution is 2.35. The van der Waals surface area contributed by atoms with E-state index in [-0.39, 0.29) is 18.8 Å². The first-order chi connectivity index (χ1) is 11.5. The SMILES string of the molecule is CCc1oc2c(NC3=CC(=O)N(CCO)C3=O)cc(Cl)cc2c1C. The van der Waals surface area contributed by atoms with Gasteiger partial charge in [-0.25, -0.2) is 0 Å². The van der Waals surface area contributed by atoms with Crippen molar-refractivity contribution in [2.24, 2.45) is 0 Å². The normalized spacial score (nSPS) is 14.7. The summed E-state index contributed by atoms with van der Waals surface area (Å²) in [7, 11) is 0. The smallest absolute Gasteiger partial charge is 0.277 e. The number of benzene rings is 1. The maximum atomic E-state index is 12.3. The number of aliphatic hydroxyl groups is 1. The van der Waals surface area contributed by atoms with Crippen molar-refractivity contribution >= 4 is 40.1 Å². The van der Waals surface area contributed by atoms with E-state index in [1.54, 1.807) is 6.07 Å². The zero-order chi connectivity index (χ0) is 17.4. The van der Waals surface area contributed by atoms with E-state index < -0.39 is 11.8 Å². The predicted molar refractivity (Wildman–Crippen MR) is 90.9 cm³/mol. The van der Waals surface area contributed by atoms with Gasteiger partial charge >= 0.3 is 0 Å². The molecule has 1 aromatic carbocycles. The third-order valence-electron chi connectivity index (χ3n) is 4.02. The first-order valence-electron chi connectivity index (χ1n) is 7.63. The molecule has 24 heavy (non-hydrogen) atoms. The van der Waals surface area contributed by atoms with E-state index in [0.29, 0.717) is 16.3 Å². The number of β-amino-alcohol motifs (C(OH)–C–C–N with tert-alkyl or cyclic N) is 1. The third-order valence-corrected chi connectivity index (χ3v) is 4.24. The number of carbonyl (C=O) groups excluding carboxylic acids is 2. The minimum atomic E-state index is -0.485.